The van der Waals surface area contributed by atoms with Gasteiger partial charge in [0.25, 0.3) is 0 Å². The second-order valence-electron chi connectivity index (χ2n) is 6.56. The van der Waals surface area contributed by atoms with Gasteiger partial charge in [-0.05, 0) is 32.6 Å². The average molecular weight is 292 g/mol. The van der Waals surface area contributed by atoms with Crippen LogP contribution in [-0.4, -0.2) is 52.6 Å². The van der Waals surface area contributed by atoms with Crippen molar-refractivity contribution in [3.8, 4) is 0 Å². The number of piperazine rings is 1. The van der Waals surface area contributed by atoms with Crippen molar-refractivity contribution in [1.82, 2.24) is 15.0 Å². The normalized spacial score (nSPS) is 23.1. The lowest BCUT2D eigenvalue weighted by atomic mass is 9.95. The van der Waals surface area contributed by atoms with Gasteiger partial charge in [0.1, 0.15) is 0 Å². The van der Waals surface area contributed by atoms with Gasteiger partial charge in [-0.15, -0.1) is 0 Å². The molecule has 0 spiro atoms. The van der Waals surface area contributed by atoms with Gasteiger partial charge in [0.15, 0.2) is 5.76 Å². The molecule has 2 heterocycles. The van der Waals surface area contributed by atoms with E-state index in [0.717, 1.165) is 57.0 Å². The van der Waals surface area contributed by atoms with Crippen molar-refractivity contribution in [1.29, 1.82) is 0 Å². The van der Waals surface area contributed by atoms with Crippen LogP contribution in [0.5, 0.6) is 0 Å². The molecule has 2 aliphatic rings. The molecule has 0 aromatic carbocycles. The third kappa shape index (κ3) is 3.11. The van der Waals surface area contributed by atoms with Crippen molar-refractivity contribution in [3.05, 3.63) is 17.5 Å². The molecule has 2 N–H and O–H groups in total. The fraction of sp³-hybridized carbons (Fsp3) is 0.733. The summed E-state index contributed by atoms with van der Waals surface area (Å²) in [4.78, 5) is 16.7. The number of carbonyl (C=O) groups excluding carboxylic acids is 1. The molecular weight excluding hydrogens is 268 g/mol. The number of amides is 1. The van der Waals surface area contributed by atoms with Crippen molar-refractivity contribution in [2.45, 2.75) is 38.8 Å². The van der Waals surface area contributed by atoms with E-state index in [2.05, 4.69) is 10.1 Å². The van der Waals surface area contributed by atoms with Crippen molar-refractivity contribution in [2.75, 3.05) is 26.2 Å². The fourth-order valence-corrected chi connectivity index (χ4v) is 3.02. The zero-order chi connectivity index (χ0) is 15.0. The number of nitrogens with zero attached hydrogens (tertiary/aromatic N) is 3. The lowest BCUT2D eigenvalue weighted by molar-refractivity contribution is -0.139. The molecule has 1 aliphatic carbocycles. The highest BCUT2D eigenvalue weighted by Crippen LogP contribution is 2.39. The molecule has 1 aliphatic heterocycles. The fourth-order valence-electron chi connectivity index (χ4n) is 3.02. The minimum atomic E-state index is -0.676. The van der Waals surface area contributed by atoms with E-state index in [-0.39, 0.29) is 5.91 Å². The number of carbonyl (C=O) groups is 1. The van der Waals surface area contributed by atoms with Crippen LogP contribution >= 0.6 is 0 Å². The minimum Gasteiger partial charge on any atom is -0.360 e. The molecule has 1 saturated heterocycles. The van der Waals surface area contributed by atoms with E-state index in [4.69, 9.17) is 10.3 Å². The molecule has 1 aromatic heterocycles. The van der Waals surface area contributed by atoms with Gasteiger partial charge in [-0.25, -0.2) is 0 Å². The smallest absolute Gasteiger partial charge is 0.242 e. The van der Waals surface area contributed by atoms with Crippen LogP contribution < -0.4 is 5.73 Å². The molecule has 0 radical (unpaired) electrons. The molecule has 3 rings (SSSR count). The van der Waals surface area contributed by atoms with Crippen LogP contribution in [0.25, 0.3) is 0 Å². The summed E-state index contributed by atoms with van der Waals surface area (Å²) in [6.07, 6.45) is 2.17. The molecule has 1 unspecified atom stereocenters. The van der Waals surface area contributed by atoms with Crippen LogP contribution in [0, 0.1) is 12.8 Å². The van der Waals surface area contributed by atoms with Crippen LogP contribution in [-0.2, 0) is 11.3 Å². The molecule has 1 atom stereocenters. The van der Waals surface area contributed by atoms with E-state index in [9.17, 15) is 4.79 Å². The third-order valence-electron chi connectivity index (χ3n) is 4.60. The number of rotatable bonds is 4. The lowest BCUT2D eigenvalue weighted by Crippen LogP contribution is -2.59. The Bertz CT molecular complexity index is 513. The molecule has 1 amide bonds. The van der Waals surface area contributed by atoms with Gasteiger partial charge in [-0.2, -0.15) is 0 Å². The van der Waals surface area contributed by atoms with Crippen LogP contribution in [0.3, 0.4) is 0 Å². The Morgan fingerprint density at radius 3 is 2.62 bits per heavy atom. The Morgan fingerprint density at radius 1 is 1.43 bits per heavy atom. The highest BCUT2D eigenvalue weighted by Gasteiger charge is 2.46. The standard InChI is InChI=1S/C15H24N4O2/c1-11-9-13(21-17-11)10-18-5-7-19(8-6-18)14(20)15(2,16)12-3-4-12/h9,12H,3-8,10,16H2,1-2H3. The maximum atomic E-state index is 12.5. The summed E-state index contributed by atoms with van der Waals surface area (Å²) in [5.74, 6) is 1.37. The Hall–Kier alpha value is -1.40. The van der Waals surface area contributed by atoms with Crippen LogP contribution in [0.1, 0.15) is 31.2 Å². The van der Waals surface area contributed by atoms with E-state index in [1.54, 1.807) is 0 Å². The molecular formula is C15H24N4O2. The summed E-state index contributed by atoms with van der Waals surface area (Å²) in [5, 5.41) is 3.90. The first-order valence-corrected chi connectivity index (χ1v) is 7.69. The molecule has 1 saturated carbocycles. The zero-order valence-corrected chi connectivity index (χ0v) is 12.8. The second-order valence-corrected chi connectivity index (χ2v) is 6.56. The maximum Gasteiger partial charge on any atom is 0.242 e. The lowest BCUT2D eigenvalue weighted by Gasteiger charge is -2.38. The van der Waals surface area contributed by atoms with Gasteiger partial charge in [-0.1, -0.05) is 5.16 Å². The summed E-state index contributed by atoms with van der Waals surface area (Å²) in [6.45, 7) is 7.75. The van der Waals surface area contributed by atoms with Gasteiger partial charge >= 0.3 is 0 Å². The zero-order valence-electron chi connectivity index (χ0n) is 12.8. The second kappa shape index (κ2) is 5.42. The number of hydrogen-bond donors (Lipinski definition) is 1. The van der Waals surface area contributed by atoms with Crippen LogP contribution in [0.4, 0.5) is 0 Å². The highest BCUT2D eigenvalue weighted by atomic mass is 16.5. The molecule has 6 heteroatoms. The summed E-state index contributed by atoms with van der Waals surface area (Å²) in [7, 11) is 0. The van der Waals surface area contributed by atoms with Gasteiger partial charge < -0.3 is 15.2 Å². The molecule has 6 nitrogen and oxygen atoms in total. The third-order valence-corrected chi connectivity index (χ3v) is 4.60. The van der Waals surface area contributed by atoms with Crippen molar-refractivity contribution in [3.63, 3.8) is 0 Å². The van der Waals surface area contributed by atoms with Gasteiger partial charge in [0.05, 0.1) is 17.8 Å². The summed E-state index contributed by atoms with van der Waals surface area (Å²) < 4.78 is 5.24. The Labute approximate surface area is 125 Å². The quantitative estimate of drug-likeness (QED) is 0.886. The van der Waals surface area contributed by atoms with Crippen molar-refractivity contribution in [2.24, 2.45) is 11.7 Å². The van der Waals surface area contributed by atoms with Crippen molar-refractivity contribution >= 4 is 5.91 Å². The Kier molecular flexibility index (Phi) is 3.75. The number of nitrogens with two attached hydrogens (primary N) is 1. The number of hydrogen-bond acceptors (Lipinski definition) is 5. The number of aryl methyl sites for hydroxylation is 1. The molecule has 1 aromatic rings. The van der Waals surface area contributed by atoms with Gasteiger partial charge in [-0.3, -0.25) is 9.69 Å². The summed E-state index contributed by atoms with van der Waals surface area (Å²) >= 11 is 0. The number of aromatic nitrogens is 1. The summed E-state index contributed by atoms with van der Waals surface area (Å²) in [5.41, 5.74) is 6.46. The van der Waals surface area contributed by atoms with E-state index in [1.807, 2.05) is 24.8 Å². The van der Waals surface area contributed by atoms with Crippen molar-refractivity contribution < 1.29 is 9.32 Å². The Balaban J connectivity index is 1.51. The van der Waals surface area contributed by atoms with Crippen LogP contribution in [0.15, 0.2) is 10.6 Å². The topological polar surface area (TPSA) is 75.6 Å². The van der Waals surface area contributed by atoms with E-state index < -0.39 is 5.54 Å². The maximum absolute atomic E-state index is 12.5. The van der Waals surface area contributed by atoms with E-state index in [0.29, 0.717) is 5.92 Å². The summed E-state index contributed by atoms with van der Waals surface area (Å²) in [6, 6.07) is 1.96. The minimum absolute atomic E-state index is 0.111. The molecule has 116 valence electrons. The Morgan fingerprint density at radius 2 is 2.10 bits per heavy atom. The van der Waals surface area contributed by atoms with Gasteiger partial charge in [0.2, 0.25) is 5.91 Å². The molecule has 0 bridgehead atoms. The van der Waals surface area contributed by atoms with Crippen LogP contribution in [0.2, 0.25) is 0 Å². The first-order chi connectivity index (χ1) is 9.96. The molecule has 21 heavy (non-hydrogen) atoms. The van der Waals surface area contributed by atoms with E-state index in [1.165, 1.54) is 0 Å². The molecule has 2 fully saturated rings. The SMILES string of the molecule is Cc1cc(CN2CCN(C(=O)C(C)(N)C3CC3)CC2)on1. The first kappa shape index (κ1) is 14.5. The average Bonchev–Trinajstić information content (AvgIpc) is 3.24. The van der Waals surface area contributed by atoms with E-state index >= 15 is 0 Å². The van der Waals surface area contributed by atoms with Gasteiger partial charge in [0, 0.05) is 32.2 Å². The predicted octanol–water partition coefficient (Wildman–Crippen LogP) is 0.755. The first-order valence-electron chi connectivity index (χ1n) is 7.69. The largest absolute Gasteiger partial charge is 0.360 e. The monoisotopic (exact) mass is 292 g/mol. The highest BCUT2D eigenvalue weighted by molar-refractivity contribution is 5.86. The predicted molar refractivity (Wildman–Crippen MR) is 78.4 cm³/mol.